The van der Waals surface area contributed by atoms with Gasteiger partial charge >= 0.3 is 0 Å². The Balaban J connectivity index is 1.51. The highest BCUT2D eigenvalue weighted by atomic mass is 16.1. The normalized spacial score (nSPS) is 14.1. The summed E-state index contributed by atoms with van der Waals surface area (Å²) >= 11 is 0. The lowest BCUT2D eigenvalue weighted by Crippen LogP contribution is -2.27. The second kappa shape index (κ2) is 7.02. The fraction of sp³-hybridized carbons (Fsp3) is 0.353. The Morgan fingerprint density at radius 2 is 1.82 bits per heavy atom. The molecule has 1 aromatic heterocycles. The van der Waals surface area contributed by atoms with Crippen molar-refractivity contribution in [1.82, 2.24) is 15.5 Å². The molecule has 0 unspecified atom stereocenters. The van der Waals surface area contributed by atoms with E-state index in [1.807, 2.05) is 24.3 Å². The van der Waals surface area contributed by atoms with Crippen LogP contribution in [0.2, 0.25) is 0 Å². The number of anilines is 1. The Morgan fingerprint density at radius 1 is 1.05 bits per heavy atom. The second-order valence-electron chi connectivity index (χ2n) is 5.46. The third kappa shape index (κ3) is 3.61. The van der Waals surface area contributed by atoms with Gasteiger partial charge in [0, 0.05) is 19.6 Å². The van der Waals surface area contributed by atoms with Gasteiger partial charge in [-0.2, -0.15) is 0 Å². The number of rotatable bonds is 5. The van der Waals surface area contributed by atoms with E-state index in [-0.39, 0.29) is 5.91 Å². The van der Waals surface area contributed by atoms with E-state index in [4.69, 9.17) is 0 Å². The van der Waals surface area contributed by atoms with Crippen molar-refractivity contribution in [2.45, 2.75) is 19.3 Å². The zero-order valence-electron chi connectivity index (χ0n) is 12.5. The summed E-state index contributed by atoms with van der Waals surface area (Å²) in [6, 6.07) is 13.7. The molecule has 1 aliphatic rings. The summed E-state index contributed by atoms with van der Waals surface area (Å²) < 4.78 is 0. The van der Waals surface area contributed by atoms with Gasteiger partial charge < -0.3 is 10.2 Å². The molecule has 2 heterocycles. The molecule has 1 aliphatic heterocycles. The van der Waals surface area contributed by atoms with Crippen molar-refractivity contribution in [3.05, 3.63) is 53.7 Å². The molecule has 0 atom stereocenters. The number of hydrogen-bond acceptors (Lipinski definition) is 4. The predicted octanol–water partition coefficient (Wildman–Crippen LogP) is 2.05. The highest BCUT2D eigenvalue weighted by Crippen LogP contribution is 2.16. The molecule has 5 heteroatoms. The lowest BCUT2D eigenvalue weighted by Gasteiger charge is -2.15. The highest BCUT2D eigenvalue weighted by molar-refractivity contribution is 5.92. The molecule has 1 saturated heterocycles. The quantitative estimate of drug-likeness (QED) is 0.917. The van der Waals surface area contributed by atoms with Crippen molar-refractivity contribution in [2.75, 3.05) is 24.5 Å². The zero-order chi connectivity index (χ0) is 15.2. The van der Waals surface area contributed by atoms with Crippen LogP contribution in [0.25, 0.3) is 0 Å². The summed E-state index contributed by atoms with van der Waals surface area (Å²) in [5, 5.41) is 11.1. The van der Waals surface area contributed by atoms with Crippen LogP contribution in [-0.4, -0.2) is 35.7 Å². The van der Waals surface area contributed by atoms with E-state index >= 15 is 0 Å². The van der Waals surface area contributed by atoms with Gasteiger partial charge in [-0.1, -0.05) is 30.3 Å². The number of nitrogens with zero attached hydrogens (tertiary/aromatic N) is 3. The maximum atomic E-state index is 12.0. The largest absolute Gasteiger partial charge is 0.355 e. The first-order valence-electron chi connectivity index (χ1n) is 7.74. The smallest absolute Gasteiger partial charge is 0.271 e. The van der Waals surface area contributed by atoms with Crippen LogP contribution in [0, 0.1) is 0 Å². The molecule has 114 valence electrons. The minimum absolute atomic E-state index is 0.170. The molecule has 1 N–H and O–H groups in total. The molecule has 22 heavy (non-hydrogen) atoms. The van der Waals surface area contributed by atoms with Gasteiger partial charge in [0.15, 0.2) is 11.5 Å². The molecule has 5 nitrogen and oxygen atoms in total. The summed E-state index contributed by atoms with van der Waals surface area (Å²) in [5.74, 6) is 0.690. The Labute approximate surface area is 130 Å². The minimum atomic E-state index is -0.170. The van der Waals surface area contributed by atoms with Crippen molar-refractivity contribution in [3.8, 4) is 0 Å². The van der Waals surface area contributed by atoms with Gasteiger partial charge in [-0.25, -0.2) is 0 Å². The Morgan fingerprint density at radius 3 is 2.50 bits per heavy atom. The van der Waals surface area contributed by atoms with Crippen LogP contribution >= 0.6 is 0 Å². The molecule has 0 saturated carbocycles. The first-order valence-corrected chi connectivity index (χ1v) is 7.74. The van der Waals surface area contributed by atoms with E-state index in [0.717, 1.165) is 25.3 Å². The number of amides is 1. The molecule has 0 aliphatic carbocycles. The van der Waals surface area contributed by atoms with Gasteiger partial charge in [0.1, 0.15) is 0 Å². The SMILES string of the molecule is O=C(NCCc1ccccc1)c1ccc(N2CCCC2)nn1. The summed E-state index contributed by atoms with van der Waals surface area (Å²) in [7, 11) is 0. The molecule has 1 fully saturated rings. The third-order valence-electron chi connectivity index (χ3n) is 3.86. The molecule has 3 rings (SSSR count). The van der Waals surface area contributed by atoms with E-state index in [9.17, 15) is 4.79 Å². The van der Waals surface area contributed by atoms with Crippen molar-refractivity contribution in [1.29, 1.82) is 0 Å². The van der Waals surface area contributed by atoms with Crippen LogP contribution in [0.1, 0.15) is 28.9 Å². The molecule has 0 bridgehead atoms. The average Bonchev–Trinajstić information content (AvgIpc) is 3.10. The Hall–Kier alpha value is -2.43. The molecule has 1 amide bonds. The van der Waals surface area contributed by atoms with E-state index in [0.29, 0.717) is 12.2 Å². The third-order valence-corrected chi connectivity index (χ3v) is 3.86. The van der Waals surface area contributed by atoms with Crippen LogP contribution in [-0.2, 0) is 6.42 Å². The lowest BCUT2D eigenvalue weighted by atomic mass is 10.1. The predicted molar refractivity (Wildman–Crippen MR) is 86.0 cm³/mol. The van der Waals surface area contributed by atoms with Gasteiger partial charge in [-0.3, -0.25) is 4.79 Å². The number of hydrogen-bond donors (Lipinski definition) is 1. The molecule has 1 aromatic carbocycles. The Bertz CT molecular complexity index is 606. The van der Waals surface area contributed by atoms with Crippen LogP contribution < -0.4 is 10.2 Å². The molecular formula is C17H20N4O. The topological polar surface area (TPSA) is 58.1 Å². The fourth-order valence-electron chi connectivity index (χ4n) is 2.62. The van der Waals surface area contributed by atoms with Crippen LogP contribution in [0.5, 0.6) is 0 Å². The molecular weight excluding hydrogens is 276 g/mol. The highest BCUT2D eigenvalue weighted by Gasteiger charge is 2.15. The minimum Gasteiger partial charge on any atom is -0.355 e. The van der Waals surface area contributed by atoms with Gasteiger partial charge in [-0.05, 0) is 37.0 Å². The summed E-state index contributed by atoms with van der Waals surface area (Å²) in [4.78, 5) is 14.2. The van der Waals surface area contributed by atoms with Crippen molar-refractivity contribution >= 4 is 11.7 Å². The van der Waals surface area contributed by atoms with Crippen molar-refractivity contribution < 1.29 is 4.79 Å². The van der Waals surface area contributed by atoms with E-state index in [1.165, 1.54) is 18.4 Å². The maximum absolute atomic E-state index is 12.0. The summed E-state index contributed by atoms with van der Waals surface area (Å²) in [5.41, 5.74) is 1.58. The molecule has 0 radical (unpaired) electrons. The van der Waals surface area contributed by atoms with Crippen molar-refractivity contribution in [2.24, 2.45) is 0 Å². The van der Waals surface area contributed by atoms with E-state index in [2.05, 4.69) is 32.5 Å². The number of aromatic nitrogens is 2. The van der Waals surface area contributed by atoms with Gasteiger partial charge in [-0.15, -0.1) is 10.2 Å². The Kier molecular flexibility index (Phi) is 4.63. The van der Waals surface area contributed by atoms with Gasteiger partial charge in [0.25, 0.3) is 5.91 Å². The standard InChI is InChI=1S/C17H20N4O/c22-17(18-11-10-14-6-2-1-3-7-14)15-8-9-16(20-19-15)21-12-4-5-13-21/h1-3,6-9H,4-5,10-13H2,(H,18,22). The van der Waals surface area contributed by atoms with Crippen LogP contribution in [0.3, 0.4) is 0 Å². The molecule has 0 spiro atoms. The lowest BCUT2D eigenvalue weighted by molar-refractivity contribution is 0.0948. The van der Waals surface area contributed by atoms with E-state index < -0.39 is 0 Å². The fourth-order valence-corrected chi connectivity index (χ4v) is 2.62. The van der Waals surface area contributed by atoms with Crippen LogP contribution in [0.4, 0.5) is 5.82 Å². The summed E-state index contributed by atoms with van der Waals surface area (Å²) in [6.45, 7) is 2.65. The van der Waals surface area contributed by atoms with Crippen molar-refractivity contribution in [3.63, 3.8) is 0 Å². The monoisotopic (exact) mass is 296 g/mol. The second-order valence-corrected chi connectivity index (χ2v) is 5.46. The first kappa shape index (κ1) is 14.5. The molecule has 2 aromatic rings. The number of carbonyl (C=O) groups excluding carboxylic acids is 1. The average molecular weight is 296 g/mol. The zero-order valence-corrected chi connectivity index (χ0v) is 12.5. The van der Waals surface area contributed by atoms with Gasteiger partial charge in [0.2, 0.25) is 0 Å². The van der Waals surface area contributed by atoms with E-state index in [1.54, 1.807) is 6.07 Å². The summed E-state index contributed by atoms with van der Waals surface area (Å²) in [6.07, 6.45) is 3.21. The number of benzene rings is 1. The first-order chi connectivity index (χ1) is 10.8. The number of carbonyl (C=O) groups is 1. The van der Waals surface area contributed by atoms with Crippen LogP contribution in [0.15, 0.2) is 42.5 Å². The van der Waals surface area contributed by atoms with Gasteiger partial charge in [0.05, 0.1) is 0 Å². The number of nitrogens with one attached hydrogen (secondary N) is 1. The maximum Gasteiger partial charge on any atom is 0.271 e.